The fourth-order valence-corrected chi connectivity index (χ4v) is 2.64. The summed E-state index contributed by atoms with van der Waals surface area (Å²) in [5, 5.41) is 4.04. The molecule has 116 valence electrons. The SMILES string of the molecule is Cc1ccc(-c2cc(C(=O)N3CCCN(C)CC3)on2)cc1. The molecule has 0 atom stereocenters. The molecule has 1 aromatic heterocycles. The molecule has 3 rings (SSSR count). The van der Waals surface area contributed by atoms with Crippen LogP contribution in [0.3, 0.4) is 0 Å². The Morgan fingerprint density at radius 3 is 2.68 bits per heavy atom. The Balaban J connectivity index is 1.75. The van der Waals surface area contributed by atoms with Crippen molar-refractivity contribution in [1.29, 1.82) is 0 Å². The van der Waals surface area contributed by atoms with Crippen LogP contribution in [-0.4, -0.2) is 54.1 Å². The van der Waals surface area contributed by atoms with E-state index in [0.29, 0.717) is 11.5 Å². The van der Waals surface area contributed by atoms with Crippen molar-refractivity contribution in [3.8, 4) is 11.3 Å². The lowest BCUT2D eigenvalue weighted by molar-refractivity contribution is 0.0721. The molecule has 0 radical (unpaired) electrons. The van der Waals surface area contributed by atoms with Crippen molar-refractivity contribution in [2.24, 2.45) is 0 Å². The summed E-state index contributed by atoms with van der Waals surface area (Å²) in [4.78, 5) is 16.6. The van der Waals surface area contributed by atoms with Gasteiger partial charge in [-0.3, -0.25) is 4.79 Å². The number of aromatic nitrogens is 1. The van der Waals surface area contributed by atoms with Crippen molar-refractivity contribution < 1.29 is 9.32 Å². The number of rotatable bonds is 2. The maximum absolute atomic E-state index is 12.5. The van der Waals surface area contributed by atoms with Gasteiger partial charge in [0.1, 0.15) is 5.69 Å². The fraction of sp³-hybridized carbons (Fsp3) is 0.412. The summed E-state index contributed by atoms with van der Waals surface area (Å²) < 4.78 is 5.28. The second-order valence-corrected chi connectivity index (χ2v) is 5.89. The maximum atomic E-state index is 12.5. The van der Waals surface area contributed by atoms with Crippen molar-refractivity contribution in [2.75, 3.05) is 33.2 Å². The summed E-state index contributed by atoms with van der Waals surface area (Å²) in [6.07, 6.45) is 0.987. The van der Waals surface area contributed by atoms with Gasteiger partial charge in [-0.1, -0.05) is 35.0 Å². The third-order valence-electron chi connectivity index (χ3n) is 4.07. The molecule has 5 heteroatoms. The Labute approximate surface area is 130 Å². The molecule has 0 spiro atoms. The molecule has 1 aliphatic rings. The van der Waals surface area contributed by atoms with Crippen LogP contribution < -0.4 is 0 Å². The largest absolute Gasteiger partial charge is 0.350 e. The predicted molar refractivity (Wildman–Crippen MR) is 84.7 cm³/mol. The molecule has 5 nitrogen and oxygen atoms in total. The minimum atomic E-state index is -0.0684. The lowest BCUT2D eigenvalue weighted by Gasteiger charge is -2.18. The summed E-state index contributed by atoms with van der Waals surface area (Å²) in [6.45, 7) is 5.46. The van der Waals surface area contributed by atoms with Crippen LogP contribution in [0.2, 0.25) is 0 Å². The van der Waals surface area contributed by atoms with E-state index in [1.54, 1.807) is 6.07 Å². The first kappa shape index (κ1) is 14.8. The number of likely N-dealkylation sites (N-methyl/N-ethyl adjacent to an activating group) is 1. The number of amides is 1. The number of carbonyl (C=O) groups excluding carboxylic acids is 1. The average Bonchev–Trinajstić information content (AvgIpc) is 2.90. The highest BCUT2D eigenvalue weighted by Crippen LogP contribution is 2.20. The molecular formula is C17H21N3O2. The van der Waals surface area contributed by atoms with Crippen molar-refractivity contribution in [3.05, 3.63) is 41.7 Å². The third kappa shape index (κ3) is 3.20. The van der Waals surface area contributed by atoms with Gasteiger partial charge in [-0.2, -0.15) is 0 Å². The molecule has 1 amide bonds. The number of benzene rings is 1. The monoisotopic (exact) mass is 299 g/mol. The normalized spacial score (nSPS) is 16.5. The molecule has 0 unspecified atom stereocenters. The second kappa shape index (κ2) is 6.32. The summed E-state index contributed by atoms with van der Waals surface area (Å²) in [5.74, 6) is 0.251. The minimum absolute atomic E-state index is 0.0684. The van der Waals surface area contributed by atoms with Crippen molar-refractivity contribution in [2.45, 2.75) is 13.3 Å². The van der Waals surface area contributed by atoms with Crippen molar-refractivity contribution >= 4 is 5.91 Å². The lowest BCUT2D eigenvalue weighted by Crippen LogP contribution is -2.34. The summed E-state index contributed by atoms with van der Waals surface area (Å²) >= 11 is 0. The van der Waals surface area contributed by atoms with E-state index in [4.69, 9.17) is 4.52 Å². The van der Waals surface area contributed by atoms with Crippen LogP contribution in [0.1, 0.15) is 22.5 Å². The van der Waals surface area contributed by atoms with Gasteiger partial charge in [-0.25, -0.2) is 0 Å². The van der Waals surface area contributed by atoms with Crippen molar-refractivity contribution in [3.63, 3.8) is 0 Å². The number of nitrogens with zero attached hydrogens (tertiary/aromatic N) is 3. The van der Waals surface area contributed by atoms with Crippen LogP contribution in [0, 0.1) is 6.92 Å². The van der Waals surface area contributed by atoms with Gasteiger partial charge in [0.05, 0.1) is 0 Å². The Morgan fingerprint density at radius 2 is 1.91 bits per heavy atom. The van der Waals surface area contributed by atoms with E-state index in [9.17, 15) is 4.79 Å². The van der Waals surface area contributed by atoms with Gasteiger partial charge < -0.3 is 14.3 Å². The zero-order chi connectivity index (χ0) is 15.5. The first-order valence-electron chi connectivity index (χ1n) is 7.65. The van der Waals surface area contributed by atoms with E-state index >= 15 is 0 Å². The quantitative estimate of drug-likeness (QED) is 0.854. The highest BCUT2D eigenvalue weighted by atomic mass is 16.5. The Hall–Kier alpha value is -2.14. The van der Waals surface area contributed by atoms with Crippen molar-refractivity contribution in [1.82, 2.24) is 15.0 Å². The highest BCUT2D eigenvalue weighted by Gasteiger charge is 2.22. The number of hydrogen-bond acceptors (Lipinski definition) is 4. The molecule has 0 N–H and O–H groups in total. The second-order valence-electron chi connectivity index (χ2n) is 5.89. The molecule has 1 aliphatic heterocycles. The molecule has 2 heterocycles. The molecule has 0 bridgehead atoms. The standard InChI is InChI=1S/C17H21N3O2/c1-13-4-6-14(7-5-13)15-12-16(22-18-15)17(21)20-9-3-8-19(2)10-11-20/h4-7,12H,3,8-11H2,1-2H3. The minimum Gasteiger partial charge on any atom is -0.350 e. The zero-order valence-electron chi connectivity index (χ0n) is 13.1. The molecule has 0 aliphatic carbocycles. The van der Waals surface area contributed by atoms with Gasteiger partial charge in [0.2, 0.25) is 5.76 Å². The van der Waals surface area contributed by atoms with E-state index in [1.807, 2.05) is 36.1 Å². The van der Waals surface area contributed by atoms with Crippen LogP contribution in [-0.2, 0) is 0 Å². The van der Waals surface area contributed by atoms with E-state index in [0.717, 1.165) is 38.2 Å². The highest BCUT2D eigenvalue weighted by molar-refractivity contribution is 5.92. The van der Waals surface area contributed by atoms with E-state index < -0.39 is 0 Å². The number of carbonyl (C=O) groups is 1. The van der Waals surface area contributed by atoms with Crippen LogP contribution in [0.25, 0.3) is 11.3 Å². The van der Waals surface area contributed by atoms with Crippen LogP contribution >= 0.6 is 0 Å². The van der Waals surface area contributed by atoms with Crippen LogP contribution in [0.5, 0.6) is 0 Å². The number of hydrogen-bond donors (Lipinski definition) is 0. The van der Waals surface area contributed by atoms with Gasteiger partial charge in [0, 0.05) is 31.3 Å². The fourth-order valence-electron chi connectivity index (χ4n) is 2.64. The molecule has 22 heavy (non-hydrogen) atoms. The van der Waals surface area contributed by atoms with Gasteiger partial charge in [-0.05, 0) is 26.9 Å². The average molecular weight is 299 g/mol. The number of aryl methyl sites for hydroxylation is 1. The Kier molecular flexibility index (Phi) is 4.24. The van der Waals surface area contributed by atoms with Gasteiger partial charge in [0.25, 0.3) is 5.91 Å². The molecule has 1 fully saturated rings. The topological polar surface area (TPSA) is 49.6 Å². The van der Waals surface area contributed by atoms with E-state index in [-0.39, 0.29) is 5.91 Å². The lowest BCUT2D eigenvalue weighted by atomic mass is 10.1. The Bertz CT molecular complexity index is 648. The van der Waals surface area contributed by atoms with Crippen LogP contribution in [0.4, 0.5) is 0 Å². The first-order chi connectivity index (χ1) is 10.6. The van der Waals surface area contributed by atoms with E-state index in [2.05, 4.69) is 17.1 Å². The molecule has 2 aromatic rings. The van der Waals surface area contributed by atoms with E-state index in [1.165, 1.54) is 5.56 Å². The van der Waals surface area contributed by atoms with Gasteiger partial charge in [-0.15, -0.1) is 0 Å². The molecular weight excluding hydrogens is 278 g/mol. The summed E-state index contributed by atoms with van der Waals surface area (Å²) in [7, 11) is 2.08. The maximum Gasteiger partial charge on any atom is 0.292 e. The Morgan fingerprint density at radius 1 is 1.14 bits per heavy atom. The molecule has 1 aromatic carbocycles. The molecule has 1 saturated heterocycles. The summed E-state index contributed by atoms with van der Waals surface area (Å²) in [6, 6.07) is 9.76. The third-order valence-corrected chi connectivity index (χ3v) is 4.07. The summed E-state index contributed by atoms with van der Waals surface area (Å²) in [5.41, 5.74) is 2.86. The van der Waals surface area contributed by atoms with Gasteiger partial charge >= 0.3 is 0 Å². The molecule has 0 saturated carbocycles. The zero-order valence-corrected chi connectivity index (χ0v) is 13.1. The first-order valence-corrected chi connectivity index (χ1v) is 7.65. The predicted octanol–water partition coefficient (Wildman–Crippen LogP) is 2.43. The van der Waals surface area contributed by atoms with Gasteiger partial charge in [0.15, 0.2) is 0 Å². The van der Waals surface area contributed by atoms with Crippen LogP contribution in [0.15, 0.2) is 34.9 Å². The smallest absolute Gasteiger partial charge is 0.292 e.